The van der Waals surface area contributed by atoms with Crippen molar-refractivity contribution >= 4 is 23.7 Å². The summed E-state index contributed by atoms with van der Waals surface area (Å²) in [6.45, 7) is 3.08. The molecule has 1 saturated carbocycles. The van der Waals surface area contributed by atoms with E-state index in [1.165, 1.54) is 12.8 Å². The van der Waals surface area contributed by atoms with Gasteiger partial charge in [0.2, 0.25) is 11.9 Å². The lowest BCUT2D eigenvalue weighted by Gasteiger charge is -2.12. The zero-order chi connectivity index (χ0) is 12.1. The molecule has 1 aliphatic carbocycles. The Morgan fingerprint density at radius 1 is 1.41 bits per heavy atom. The van der Waals surface area contributed by atoms with Crippen LogP contribution in [-0.4, -0.2) is 39.0 Å². The highest BCUT2D eigenvalue weighted by molar-refractivity contribution is 7.99. The van der Waals surface area contributed by atoms with E-state index in [1.54, 1.807) is 6.33 Å². The quantitative estimate of drug-likeness (QED) is 0.775. The minimum atomic E-state index is 0.569. The molecule has 17 heavy (non-hydrogen) atoms. The summed E-state index contributed by atoms with van der Waals surface area (Å²) in [4.78, 5) is 12.6. The first kappa shape index (κ1) is 12.4. The van der Waals surface area contributed by atoms with Crippen molar-refractivity contribution in [3.8, 4) is 0 Å². The fourth-order valence-electron chi connectivity index (χ4n) is 1.46. The molecule has 1 fully saturated rings. The monoisotopic (exact) mass is 253 g/mol. The minimum absolute atomic E-state index is 0.569. The first-order valence-electron chi connectivity index (χ1n) is 6.04. The number of thioether (sulfide) groups is 1. The molecule has 0 aliphatic heterocycles. The maximum absolute atomic E-state index is 4.34. The van der Waals surface area contributed by atoms with Gasteiger partial charge in [-0.2, -0.15) is 16.7 Å². The molecule has 0 saturated heterocycles. The second-order valence-corrected chi connectivity index (χ2v) is 5.34. The van der Waals surface area contributed by atoms with Gasteiger partial charge in [-0.05, 0) is 25.5 Å². The molecule has 6 heteroatoms. The Balaban J connectivity index is 1.86. The van der Waals surface area contributed by atoms with Crippen LogP contribution in [0.15, 0.2) is 6.33 Å². The average Bonchev–Trinajstić information content (AvgIpc) is 3.15. The van der Waals surface area contributed by atoms with Crippen LogP contribution in [0.25, 0.3) is 0 Å². The molecule has 5 nitrogen and oxygen atoms in total. The van der Waals surface area contributed by atoms with Gasteiger partial charge in [-0.1, -0.05) is 6.92 Å². The number of aromatic nitrogens is 3. The van der Waals surface area contributed by atoms with Crippen LogP contribution in [0, 0.1) is 0 Å². The number of nitrogens with one attached hydrogen (secondary N) is 2. The van der Waals surface area contributed by atoms with Crippen molar-refractivity contribution in [1.29, 1.82) is 0 Å². The molecule has 2 N–H and O–H groups in total. The Morgan fingerprint density at radius 3 is 2.82 bits per heavy atom. The predicted octanol–water partition coefficient (Wildman–Crippen LogP) is 2.00. The second-order valence-electron chi connectivity index (χ2n) is 4.20. The molecule has 1 aromatic heterocycles. The van der Waals surface area contributed by atoms with Crippen LogP contribution in [0.1, 0.15) is 26.2 Å². The fraction of sp³-hybridized carbons (Fsp3) is 0.727. The van der Waals surface area contributed by atoms with Gasteiger partial charge in [0, 0.05) is 17.8 Å². The van der Waals surface area contributed by atoms with Crippen molar-refractivity contribution in [3.05, 3.63) is 6.33 Å². The van der Waals surface area contributed by atoms with E-state index >= 15 is 0 Å². The van der Waals surface area contributed by atoms with E-state index in [0.29, 0.717) is 23.2 Å². The first-order valence-corrected chi connectivity index (χ1v) is 7.33. The lowest BCUT2D eigenvalue weighted by molar-refractivity contribution is 0.844. The Kier molecular flexibility index (Phi) is 4.42. The van der Waals surface area contributed by atoms with Gasteiger partial charge in [-0.25, -0.2) is 9.97 Å². The molecule has 1 unspecified atom stereocenters. The maximum Gasteiger partial charge on any atom is 0.227 e. The summed E-state index contributed by atoms with van der Waals surface area (Å²) in [7, 11) is 0. The molecule has 1 heterocycles. The zero-order valence-corrected chi connectivity index (χ0v) is 11.1. The third kappa shape index (κ3) is 4.03. The second kappa shape index (κ2) is 6.05. The van der Waals surface area contributed by atoms with Gasteiger partial charge in [0.1, 0.15) is 6.33 Å². The molecule has 1 aliphatic rings. The zero-order valence-electron chi connectivity index (χ0n) is 10.3. The van der Waals surface area contributed by atoms with Gasteiger partial charge in [0.25, 0.3) is 0 Å². The molecule has 1 aromatic rings. The van der Waals surface area contributed by atoms with Crippen molar-refractivity contribution in [2.75, 3.05) is 23.4 Å². The van der Waals surface area contributed by atoms with Gasteiger partial charge in [-0.15, -0.1) is 0 Å². The van der Waals surface area contributed by atoms with Gasteiger partial charge < -0.3 is 10.6 Å². The van der Waals surface area contributed by atoms with E-state index in [-0.39, 0.29) is 0 Å². The largest absolute Gasteiger partial charge is 0.353 e. The molecule has 1 atom stereocenters. The summed E-state index contributed by atoms with van der Waals surface area (Å²) in [6.07, 6.45) is 7.27. The molecular formula is C11H19N5S. The normalized spacial score (nSPS) is 16.6. The lowest BCUT2D eigenvalue weighted by Crippen LogP contribution is -2.17. The van der Waals surface area contributed by atoms with Crippen LogP contribution in [0.4, 0.5) is 11.9 Å². The third-order valence-electron chi connectivity index (χ3n) is 2.76. The van der Waals surface area contributed by atoms with E-state index in [1.807, 2.05) is 11.8 Å². The Bertz CT molecular complexity index is 351. The Morgan fingerprint density at radius 2 is 2.18 bits per heavy atom. The molecule has 0 bridgehead atoms. The van der Waals surface area contributed by atoms with Crippen molar-refractivity contribution in [1.82, 2.24) is 15.0 Å². The number of hydrogen-bond donors (Lipinski definition) is 2. The summed E-state index contributed by atoms with van der Waals surface area (Å²) in [6, 6.07) is 0.569. The van der Waals surface area contributed by atoms with Crippen LogP contribution in [0.3, 0.4) is 0 Å². The minimum Gasteiger partial charge on any atom is -0.353 e. The average molecular weight is 253 g/mol. The van der Waals surface area contributed by atoms with E-state index in [9.17, 15) is 0 Å². The van der Waals surface area contributed by atoms with E-state index in [2.05, 4.69) is 38.8 Å². The molecule has 0 radical (unpaired) electrons. The summed E-state index contributed by atoms with van der Waals surface area (Å²) in [5.41, 5.74) is 0. The molecule has 0 aromatic carbocycles. The van der Waals surface area contributed by atoms with Gasteiger partial charge >= 0.3 is 0 Å². The molecule has 0 spiro atoms. The highest BCUT2D eigenvalue weighted by Crippen LogP contribution is 2.22. The van der Waals surface area contributed by atoms with Crippen LogP contribution < -0.4 is 10.6 Å². The van der Waals surface area contributed by atoms with Crippen LogP contribution in [0.2, 0.25) is 0 Å². The molecular weight excluding hydrogens is 234 g/mol. The SMILES string of the molecule is CCC(CNc1ncnc(NC2CC2)n1)SC. The van der Waals surface area contributed by atoms with Crippen molar-refractivity contribution in [2.45, 2.75) is 37.5 Å². The van der Waals surface area contributed by atoms with Gasteiger partial charge in [0.05, 0.1) is 0 Å². The Labute approximate surface area is 106 Å². The molecule has 2 rings (SSSR count). The Hall–Kier alpha value is -1.04. The summed E-state index contributed by atoms with van der Waals surface area (Å²) in [5.74, 6) is 1.35. The van der Waals surface area contributed by atoms with Crippen LogP contribution >= 0.6 is 11.8 Å². The topological polar surface area (TPSA) is 62.7 Å². The van der Waals surface area contributed by atoms with E-state index in [4.69, 9.17) is 0 Å². The molecule has 0 amide bonds. The number of nitrogens with zero attached hydrogens (tertiary/aromatic N) is 3. The smallest absolute Gasteiger partial charge is 0.227 e. The van der Waals surface area contributed by atoms with E-state index in [0.717, 1.165) is 13.0 Å². The predicted molar refractivity (Wildman–Crippen MR) is 72.6 cm³/mol. The number of anilines is 2. The van der Waals surface area contributed by atoms with Crippen LogP contribution in [0.5, 0.6) is 0 Å². The third-order valence-corrected chi connectivity index (χ3v) is 3.93. The van der Waals surface area contributed by atoms with Crippen molar-refractivity contribution in [3.63, 3.8) is 0 Å². The number of rotatable bonds is 7. The standard InChI is InChI=1S/C11H19N5S/c1-3-9(17-2)6-12-10-13-7-14-11(16-10)15-8-4-5-8/h7-9H,3-6H2,1-2H3,(H2,12,13,14,15,16). The highest BCUT2D eigenvalue weighted by Gasteiger charge is 2.21. The van der Waals surface area contributed by atoms with Gasteiger partial charge in [-0.3, -0.25) is 0 Å². The summed E-state index contributed by atoms with van der Waals surface area (Å²) >= 11 is 1.86. The maximum atomic E-state index is 4.34. The van der Waals surface area contributed by atoms with E-state index < -0.39 is 0 Å². The van der Waals surface area contributed by atoms with Crippen molar-refractivity contribution < 1.29 is 0 Å². The summed E-state index contributed by atoms with van der Waals surface area (Å²) in [5, 5.41) is 7.13. The first-order chi connectivity index (χ1) is 8.31. The fourth-order valence-corrected chi connectivity index (χ4v) is 2.04. The highest BCUT2D eigenvalue weighted by atomic mass is 32.2. The van der Waals surface area contributed by atoms with Crippen molar-refractivity contribution in [2.24, 2.45) is 0 Å². The molecule has 94 valence electrons. The number of hydrogen-bond acceptors (Lipinski definition) is 6. The lowest BCUT2D eigenvalue weighted by atomic mass is 10.3. The summed E-state index contributed by atoms with van der Waals surface area (Å²) < 4.78 is 0. The van der Waals surface area contributed by atoms with Crippen LogP contribution in [-0.2, 0) is 0 Å². The van der Waals surface area contributed by atoms with Gasteiger partial charge in [0.15, 0.2) is 0 Å².